The molecule has 6 rings (SSSR count). The van der Waals surface area contributed by atoms with Gasteiger partial charge in [0, 0.05) is 56.4 Å². The zero-order chi connectivity index (χ0) is 30.9. The highest BCUT2D eigenvalue weighted by molar-refractivity contribution is 5.87. The molecule has 3 heterocycles. The summed E-state index contributed by atoms with van der Waals surface area (Å²) in [6.07, 6.45) is -3.22. The molecule has 0 N–H and O–H groups in total. The standard InChI is InChI=1S/C34H43F4N3O2/c1-21-27-17-40(18-28(21)27)30-16-24(34(36,37)38)8-11-26(30)22-12-14-39(15-13-22)31(42)33(35)20-41(32(2,3)4)19-29(33)23-6-9-25(43-5)10-7-23/h6-11,16,21-22,27-29H,12-15,17-20H2,1-5H3/t21-,27-,28+,29-,33-/m0/s1. The number of hydrogen-bond acceptors (Lipinski definition) is 4. The number of nitrogens with zero attached hydrogens (tertiary/aromatic N) is 3. The Morgan fingerprint density at radius 2 is 1.58 bits per heavy atom. The largest absolute Gasteiger partial charge is 0.497 e. The van der Waals surface area contributed by atoms with Gasteiger partial charge in [-0.1, -0.05) is 25.1 Å². The monoisotopic (exact) mass is 601 g/mol. The first-order chi connectivity index (χ1) is 20.2. The van der Waals surface area contributed by atoms with Gasteiger partial charge in [0.05, 0.1) is 12.7 Å². The van der Waals surface area contributed by atoms with E-state index in [0.29, 0.717) is 61.7 Å². The summed E-state index contributed by atoms with van der Waals surface area (Å²) in [5.41, 5.74) is -0.649. The summed E-state index contributed by atoms with van der Waals surface area (Å²) in [4.78, 5) is 19.8. The lowest BCUT2D eigenvalue weighted by Gasteiger charge is -2.38. The summed E-state index contributed by atoms with van der Waals surface area (Å²) in [6, 6.07) is 11.4. The Morgan fingerprint density at radius 1 is 0.953 bits per heavy atom. The van der Waals surface area contributed by atoms with E-state index >= 15 is 4.39 Å². The Labute approximate surface area is 252 Å². The van der Waals surface area contributed by atoms with Crippen LogP contribution in [0, 0.1) is 17.8 Å². The van der Waals surface area contributed by atoms with Crippen molar-refractivity contribution in [1.29, 1.82) is 0 Å². The molecular weight excluding hydrogens is 558 g/mol. The quantitative estimate of drug-likeness (QED) is 0.356. The van der Waals surface area contributed by atoms with Crippen LogP contribution in [-0.2, 0) is 11.0 Å². The second kappa shape index (κ2) is 10.7. The van der Waals surface area contributed by atoms with Crippen molar-refractivity contribution >= 4 is 11.6 Å². The highest BCUT2D eigenvalue weighted by Crippen LogP contribution is 2.53. The molecule has 0 radical (unpaired) electrons. The molecular formula is C34H43F4N3O2. The summed E-state index contributed by atoms with van der Waals surface area (Å²) >= 11 is 0. The van der Waals surface area contributed by atoms with Crippen LogP contribution in [0.25, 0.3) is 0 Å². The molecule has 2 aromatic carbocycles. The van der Waals surface area contributed by atoms with Gasteiger partial charge in [-0.2, -0.15) is 13.2 Å². The van der Waals surface area contributed by atoms with Crippen molar-refractivity contribution in [3.63, 3.8) is 0 Å². The van der Waals surface area contributed by atoms with Crippen molar-refractivity contribution in [2.75, 3.05) is 51.3 Å². The van der Waals surface area contributed by atoms with E-state index in [4.69, 9.17) is 4.74 Å². The van der Waals surface area contributed by atoms with Crippen molar-refractivity contribution in [3.05, 3.63) is 59.2 Å². The molecule has 3 aliphatic heterocycles. The lowest BCUT2D eigenvalue weighted by Crippen LogP contribution is -2.53. The maximum Gasteiger partial charge on any atom is 0.416 e. The van der Waals surface area contributed by atoms with E-state index in [-0.39, 0.29) is 18.0 Å². The van der Waals surface area contributed by atoms with Gasteiger partial charge < -0.3 is 14.5 Å². The molecule has 5 atom stereocenters. The van der Waals surface area contributed by atoms with Crippen molar-refractivity contribution in [1.82, 2.24) is 9.80 Å². The molecule has 2 aromatic rings. The van der Waals surface area contributed by atoms with E-state index in [1.54, 1.807) is 30.2 Å². The maximum atomic E-state index is 17.1. The zero-order valence-electron chi connectivity index (χ0n) is 25.8. The van der Waals surface area contributed by atoms with Crippen molar-refractivity contribution in [2.45, 2.75) is 69.8 Å². The van der Waals surface area contributed by atoms with Gasteiger partial charge in [-0.15, -0.1) is 0 Å². The predicted molar refractivity (Wildman–Crippen MR) is 159 cm³/mol. The van der Waals surface area contributed by atoms with Crippen LogP contribution in [0.15, 0.2) is 42.5 Å². The normalized spacial score (nSPS) is 30.1. The SMILES string of the molecule is COc1ccc([C@@H]2CN(C(C)(C)C)C[C@@]2(F)C(=O)N2CCC(c3ccc(C(F)(F)F)cc3N3C[C@@H]4[C@@H](C)[C@@H]4C3)CC2)cc1. The van der Waals surface area contributed by atoms with Crippen molar-refractivity contribution < 1.29 is 27.1 Å². The lowest BCUT2D eigenvalue weighted by atomic mass is 9.83. The van der Waals surface area contributed by atoms with Crippen LogP contribution in [0.1, 0.15) is 69.1 Å². The van der Waals surface area contributed by atoms with Crippen molar-refractivity contribution in [2.24, 2.45) is 17.8 Å². The first-order valence-corrected chi connectivity index (χ1v) is 15.5. The molecule has 4 aliphatic rings. The fraction of sp³-hybridized carbons (Fsp3) is 0.618. The average Bonchev–Trinajstić information content (AvgIpc) is 3.30. The van der Waals surface area contributed by atoms with Crippen LogP contribution in [0.4, 0.5) is 23.2 Å². The zero-order valence-corrected chi connectivity index (χ0v) is 25.8. The second-order valence-electron chi connectivity index (χ2n) is 14.2. The van der Waals surface area contributed by atoms with E-state index < -0.39 is 29.2 Å². The molecule has 43 heavy (non-hydrogen) atoms. The molecule has 234 valence electrons. The maximum absolute atomic E-state index is 17.1. The minimum absolute atomic E-state index is 0.0123. The number of fused-ring (bicyclic) bond motifs is 1. The Balaban J connectivity index is 1.21. The van der Waals surface area contributed by atoms with Gasteiger partial charge in [-0.25, -0.2) is 4.39 Å². The number of anilines is 1. The minimum atomic E-state index is -4.41. The van der Waals surface area contributed by atoms with Crippen LogP contribution < -0.4 is 9.64 Å². The highest BCUT2D eigenvalue weighted by Gasteiger charge is 2.57. The van der Waals surface area contributed by atoms with Crippen LogP contribution in [-0.4, -0.2) is 73.3 Å². The molecule has 0 aromatic heterocycles. The molecule has 4 fully saturated rings. The van der Waals surface area contributed by atoms with E-state index in [1.165, 1.54) is 12.1 Å². The lowest BCUT2D eigenvalue weighted by molar-refractivity contribution is -0.145. The van der Waals surface area contributed by atoms with Gasteiger partial charge in [0.15, 0.2) is 0 Å². The van der Waals surface area contributed by atoms with Gasteiger partial charge in [-0.05, 0) is 92.7 Å². The van der Waals surface area contributed by atoms with Crippen LogP contribution >= 0.6 is 0 Å². The fourth-order valence-corrected chi connectivity index (χ4v) is 7.77. The van der Waals surface area contributed by atoms with E-state index in [0.717, 1.165) is 24.2 Å². The van der Waals surface area contributed by atoms with Crippen LogP contribution in [0.2, 0.25) is 0 Å². The van der Waals surface area contributed by atoms with Crippen molar-refractivity contribution in [3.8, 4) is 5.75 Å². The smallest absolute Gasteiger partial charge is 0.416 e. The molecule has 1 amide bonds. The Bertz CT molecular complexity index is 1340. The summed E-state index contributed by atoms with van der Waals surface area (Å²) in [6.45, 7) is 11.1. The molecule has 0 spiro atoms. The third-order valence-corrected chi connectivity index (χ3v) is 10.7. The molecule has 1 saturated carbocycles. The number of ether oxygens (including phenoxy) is 1. The number of carbonyl (C=O) groups excluding carboxylic acids is 1. The number of amides is 1. The Kier molecular flexibility index (Phi) is 7.50. The summed E-state index contributed by atoms with van der Waals surface area (Å²) < 4.78 is 63.5. The van der Waals surface area contributed by atoms with Gasteiger partial charge in [0.25, 0.3) is 5.91 Å². The number of carbonyl (C=O) groups is 1. The number of halogens is 4. The highest BCUT2D eigenvalue weighted by atomic mass is 19.4. The number of benzene rings is 2. The summed E-state index contributed by atoms with van der Waals surface area (Å²) in [5, 5.41) is 0. The number of alkyl halides is 4. The van der Waals surface area contributed by atoms with Crippen LogP contribution in [0.5, 0.6) is 5.75 Å². The topological polar surface area (TPSA) is 36.0 Å². The third kappa shape index (κ3) is 5.51. The molecule has 5 nitrogen and oxygen atoms in total. The number of hydrogen-bond donors (Lipinski definition) is 0. The fourth-order valence-electron chi connectivity index (χ4n) is 7.77. The molecule has 1 aliphatic carbocycles. The average molecular weight is 602 g/mol. The second-order valence-corrected chi connectivity index (χ2v) is 14.2. The Morgan fingerprint density at radius 3 is 2.14 bits per heavy atom. The van der Waals surface area contributed by atoms with Crippen LogP contribution in [0.3, 0.4) is 0 Å². The number of rotatable bonds is 5. The van der Waals surface area contributed by atoms with E-state index in [2.05, 4.69) is 11.8 Å². The third-order valence-electron chi connectivity index (χ3n) is 10.7. The van der Waals surface area contributed by atoms with E-state index in [9.17, 15) is 18.0 Å². The predicted octanol–water partition coefficient (Wildman–Crippen LogP) is 6.73. The summed E-state index contributed by atoms with van der Waals surface area (Å²) in [5.74, 6) is 1.33. The Hall–Kier alpha value is -2.81. The van der Waals surface area contributed by atoms with Gasteiger partial charge >= 0.3 is 6.18 Å². The minimum Gasteiger partial charge on any atom is -0.497 e. The molecule has 9 heteroatoms. The van der Waals surface area contributed by atoms with Gasteiger partial charge in [0.1, 0.15) is 5.75 Å². The number of piperidine rings is 2. The number of likely N-dealkylation sites (tertiary alicyclic amines) is 2. The molecule has 0 unspecified atom stereocenters. The first kappa shape index (κ1) is 30.2. The van der Waals surface area contributed by atoms with Gasteiger partial charge in [0.2, 0.25) is 5.67 Å². The molecule has 3 saturated heterocycles. The van der Waals surface area contributed by atoms with E-state index in [1.807, 2.05) is 37.8 Å². The number of methoxy groups -OCH3 is 1. The summed E-state index contributed by atoms with van der Waals surface area (Å²) in [7, 11) is 1.58. The first-order valence-electron chi connectivity index (χ1n) is 15.5. The van der Waals surface area contributed by atoms with Gasteiger partial charge in [-0.3, -0.25) is 9.69 Å². The molecule has 0 bridgehead atoms.